The molecule has 0 spiro atoms. The first-order valence-corrected chi connectivity index (χ1v) is 8.13. The lowest BCUT2D eigenvalue weighted by molar-refractivity contribution is 0.123. The lowest BCUT2D eigenvalue weighted by atomic mass is 10.2. The Morgan fingerprint density at radius 2 is 1.73 bits per heavy atom. The fraction of sp³-hybridized carbons (Fsp3) is 0.235. The standard InChI is InChI=1S/C17H16FN5O3/c18-11-3-1-2-4-12(11)19-17(24)20-13-5-6-14(16-15(13)21-26-22-16)23-7-9-25-10-8-23/h1-6H,7-10H2,(H2,19,20,24). The molecule has 2 heterocycles. The van der Waals surface area contributed by atoms with Crippen molar-refractivity contribution in [3.8, 4) is 0 Å². The Balaban J connectivity index is 1.56. The molecule has 2 aromatic carbocycles. The summed E-state index contributed by atoms with van der Waals surface area (Å²) < 4.78 is 23.9. The average molecular weight is 357 g/mol. The first-order chi connectivity index (χ1) is 12.7. The second-order valence-electron chi connectivity index (χ2n) is 5.75. The number of para-hydroxylation sites is 1. The van der Waals surface area contributed by atoms with Crippen molar-refractivity contribution in [1.82, 2.24) is 10.3 Å². The monoisotopic (exact) mass is 357 g/mol. The summed E-state index contributed by atoms with van der Waals surface area (Å²) in [5.41, 5.74) is 2.36. The van der Waals surface area contributed by atoms with Crippen LogP contribution in [0.1, 0.15) is 0 Å². The van der Waals surface area contributed by atoms with Crippen molar-refractivity contribution in [3.63, 3.8) is 0 Å². The summed E-state index contributed by atoms with van der Waals surface area (Å²) in [5.74, 6) is -0.515. The van der Waals surface area contributed by atoms with Gasteiger partial charge in [0, 0.05) is 13.1 Å². The molecule has 8 nitrogen and oxygen atoms in total. The van der Waals surface area contributed by atoms with Crippen LogP contribution in [0.4, 0.5) is 26.2 Å². The molecule has 1 saturated heterocycles. The third-order valence-electron chi connectivity index (χ3n) is 4.12. The van der Waals surface area contributed by atoms with Crippen molar-refractivity contribution in [2.45, 2.75) is 0 Å². The van der Waals surface area contributed by atoms with Crippen molar-refractivity contribution in [3.05, 3.63) is 42.2 Å². The maximum absolute atomic E-state index is 13.7. The Bertz CT molecular complexity index is 939. The highest BCUT2D eigenvalue weighted by Gasteiger charge is 2.19. The number of benzene rings is 2. The molecular weight excluding hydrogens is 341 g/mol. The SMILES string of the molecule is O=C(Nc1ccccc1F)Nc1ccc(N2CCOCC2)c2nonc12. The van der Waals surface area contributed by atoms with E-state index in [9.17, 15) is 9.18 Å². The largest absolute Gasteiger partial charge is 0.378 e. The van der Waals surface area contributed by atoms with Crippen LogP contribution in [-0.2, 0) is 4.74 Å². The molecule has 1 aliphatic rings. The molecule has 0 radical (unpaired) electrons. The van der Waals surface area contributed by atoms with E-state index in [1.165, 1.54) is 12.1 Å². The zero-order valence-corrected chi connectivity index (χ0v) is 13.7. The van der Waals surface area contributed by atoms with E-state index in [1.54, 1.807) is 18.2 Å². The molecule has 0 atom stereocenters. The van der Waals surface area contributed by atoms with Gasteiger partial charge in [-0.3, -0.25) is 0 Å². The van der Waals surface area contributed by atoms with E-state index in [0.717, 1.165) is 18.8 Å². The second kappa shape index (κ2) is 6.96. The number of carbonyl (C=O) groups is 1. The van der Waals surface area contributed by atoms with Crippen LogP contribution in [0.3, 0.4) is 0 Å². The van der Waals surface area contributed by atoms with E-state index in [2.05, 4.69) is 25.8 Å². The van der Waals surface area contributed by atoms with Gasteiger partial charge < -0.3 is 20.3 Å². The lowest BCUT2D eigenvalue weighted by Gasteiger charge is -2.28. The number of ether oxygens (including phenoxy) is 1. The minimum atomic E-state index is -0.585. The van der Waals surface area contributed by atoms with Gasteiger partial charge in [0.05, 0.1) is 30.3 Å². The molecule has 0 bridgehead atoms. The summed E-state index contributed by atoms with van der Waals surface area (Å²) in [4.78, 5) is 14.3. The minimum Gasteiger partial charge on any atom is -0.378 e. The first kappa shape index (κ1) is 16.3. The molecule has 1 aromatic heterocycles. The predicted molar refractivity (Wildman–Crippen MR) is 93.9 cm³/mol. The normalized spacial score (nSPS) is 14.4. The van der Waals surface area contributed by atoms with Crippen LogP contribution in [-0.4, -0.2) is 42.6 Å². The molecule has 2 N–H and O–H groups in total. The van der Waals surface area contributed by atoms with Crippen molar-refractivity contribution < 1.29 is 18.6 Å². The molecule has 1 aliphatic heterocycles. The minimum absolute atomic E-state index is 0.0875. The van der Waals surface area contributed by atoms with E-state index in [4.69, 9.17) is 9.37 Å². The fourth-order valence-corrected chi connectivity index (χ4v) is 2.85. The molecule has 2 amide bonds. The number of nitrogens with one attached hydrogen (secondary N) is 2. The van der Waals surface area contributed by atoms with Crippen molar-refractivity contribution >= 4 is 34.1 Å². The predicted octanol–water partition coefficient (Wildman–Crippen LogP) is 2.84. The highest BCUT2D eigenvalue weighted by molar-refractivity contribution is 6.06. The Morgan fingerprint density at radius 1 is 1.00 bits per heavy atom. The summed E-state index contributed by atoms with van der Waals surface area (Å²) in [7, 11) is 0. The number of nitrogens with zero attached hydrogens (tertiary/aromatic N) is 3. The molecular formula is C17H16FN5O3. The number of aromatic nitrogens is 2. The molecule has 0 aliphatic carbocycles. The van der Waals surface area contributed by atoms with Gasteiger partial charge in [0.2, 0.25) is 0 Å². The van der Waals surface area contributed by atoms with Gasteiger partial charge in [-0.05, 0) is 34.6 Å². The van der Waals surface area contributed by atoms with Gasteiger partial charge >= 0.3 is 6.03 Å². The number of halogens is 1. The number of anilines is 3. The topological polar surface area (TPSA) is 92.5 Å². The second-order valence-corrected chi connectivity index (χ2v) is 5.75. The third-order valence-corrected chi connectivity index (χ3v) is 4.12. The number of carbonyl (C=O) groups excluding carboxylic acids is 1. The maximum Gasteiger partial charge on any atom is 0.323 e. The average Bonchev–Trinajstić information content (AvgIpc) is 3.15. The van der Waals surface area contributed by atoms with Crippen LogP contribution < -0.4 is 15.5 Å². The number of morpholine rings is 1. The number of fused-ring (bicyclic) bond motifs is 1. The van der Waals surface area contributed by atoms with Gasteiger partial charge in [0.15, 0.2) is 11.0 Å². The highest BCUT2D eigenvalue weighted by Crippen LogP contribution is 2.30. The van der Waals surface area contributed by atoms with Crippen molar-refractivity contribution in [2.24, 2.45) is 0 Å². The number of rotatable bonds is 3. The molecule has 9 heteroatoms. The third kappa shape index (κ3) is 3.16. The molecule has 4 rings (SSSR count). The molecule has 0 unspecified atom stereocenters. The Morgan fingerprint density at radius 3 is 2.54 bits per heavy atom. The van der Waals surface area contributed by atoms with Crippen LogP contribution >= 0.6 is 0 Å². The first-order valence-electron chi connectivity index (χ1n) is 8.13. The van der Waals surface area contributed by atoms with Crippen LogP contribution in [0.25, 0.3) is 11.0 Å². The van der Waals surface area contributed by atoms with Crippen LogP contribution in [0, 0.1) is 5.82 Å². The summed E-state index contributed by atoms with van der Waals surface area (Å²) in [6.45, 7) is 2.75. The summed E-state index contributed by atoms with van der Waals surface area (Å²) in [5, 5.41) is 13.0. The quantitative estimate of drug-likeness (QED) is 0.749. The van der Waals surface area contributed by atoms with E-state index in [-0.39, 0.29) is 5.69 Å². The van der Waals surface area contributed by atoms with Gasteiger partial charge in [-0.25, -0.2) is 13.8 Å². The molecule has 134 valence electrons. The molecule has 1 fully saturated rings. The number of hydrogen-bond donors (Lipinski definition) is 2. The lowest BCUT2D eigenvalue weighted by Crippen LogP contribution is -2.36. The summed E-state index contributed by atoms with van der Waals surface area (Å²) in [6.07, 6.45) is 0. The number of hydrogen-bond acceptors (Lipinski definition) is 6. The smallest absolute Gasteiger partial charge is 0.323 e. The zero-order chi connectivity index (χ0) is 17.9. The Hall–Kier alpha value is -3.20. The number of urea groups is 1. The molecule has 0 saturated carbocycles. The molecule has 3 aromatic rings. The van der Waals surface area contributed by atoms with E-state index in [0.29, 0.717) is 29.9 Å². The fourth-order valence-electron chi connectivity index (χ4n) is 2.85. The van der Waals surface area contributed by atoms with Crippen LogP contribution in [0.15, 0.2) is 41.0 Å². The molecule has 26 heavy (non-hydrogen) atoms. The highest BCUT2D eigenvalue weighted by atomic mass is 19.1. The van der Waals surface area contributed by atoms with Crippen LogP contribution in [0.2, 0.25) is 0 Å². The van der Waals surface area contributed by atoms with Gasteiger partial charge in [-0.2, -0.15) is 0 Å². The van der Waals surface area contributed by atoms with Gasteiger partial charge in [-0.15, -0.1) is 0 Å². The van der Waals surface area contributed by atoms with Crippen molar-refractivity contribution in [2.75, 3.05) is 41.8 Å². The Kier molecular flexibility index (Phi) is 4.36. The number of amides is 2. The zero-order valence-electron chi connectivity index (χ0n) is 13.7. The summed E-state index contributed by atoms with van der Waals surface area (Å²) in [6, 6.07) is 8.91. The van der Waals surface area contributed by atoms with E-state index >= 15 is 0 Å². The maximum atomic E-state index is 13.7. The van der Waals surface area contributed by atoms with Gasteiger partial charge in [-0.1, -0.05) is 12.1 Å². The van der Waals surface area contributed by atoms with E-state index in [1.807, 2.05) is 6.07 Å². The van der Waals surface area contributed by atoms with Gasteiger partial charge in [0.25, 0.3) is 0 Å². The van der Waals surface area contributed by atoms with E-state index < -0.39 is 11.8 Å². The Labute approximate surface area is 147 Å². The van der Waals surface area contributed by atoms with Gasteiger partial charge in [0.1, 0.15) is 5.82 Å². The summed E-state index contributed by atoms with van der Waals surface area (Å²) >= 11 is 0. The van der Waals surface area contributed by atoms with Crippen LogP contribution in [0.5, 0.6) is 0 Å². The van der Waals surface area contributed by atoms with Crippen molar-refractivity contribution in [1.29, 1.82) is 0 Å².